The summed E-state index contributed by atoms with van der Waals surface area (Å²) in [7, 11) is -1.67. The van der Waals surface area contributed by atoms with Crippen molar-refractivity contribution in [1.82, 2.24) is 14.9 Å². The third-order valence-electron chi connectivity index (χ3n) is 4.20. The number of nitrogens with zero attached hydrogens (tertiary/aromatic N) is 1. The summed E-state index contributed by atoms with van der Waals surface area (Å²) < 4.78 is 26.8. The molecule has 1 fully saturated rings. The molecule has 1 saturated heterocycles. The first-order valence-corrected chi connectivity index (χ1v) is 9.44. The lowest BCUT2D eigenvalue weighted by Crippen LogP contribution is -2.47. The number of likely N-dealkylation sites (tertiary alicyclic amines) is 1. The van der Waals surface area contributed by atoms with Gasteiger partial charge in [-0.25, -0.2) is 13.1 Å². The zero-order chi connectivity index (χ0) is 17.0. The Labute approximate surface area is 138 Å². The average Bonchev–Trinajstić information content (AvgIpc) is 2.54. The van der Waals surface area contributed by atoms with Gasteiger partial charge >= 0.3 is 0 Å². The van der Waals surface area contributed by atoms with E-state index in [1.54, 1.807) is 17.9 Å². The fourth-order valence-corrected chi connectivity index (χ4v) is 3.91. The highest BCUT2D eigenvalue weighted by atomic mass is 32.2. The van der Waals surface area contributed by atoms with Crippen LogP contribution in [-0.4, -0.2) is 51.9 Å². The van der Waals surface area contributed by atoms with Gasteiger partial charge in [-0.15, -0.1) is 0 Å². The molecule has 1 unspecified atom stereocenters. The van der Waals surface area contributed by atoms with E-state index in [-0.39, 0.29) is 10.8 Å². The molecule has 7 heteroatoms. The van der Waals surface area contributed by atoms with Gasteiger partial charge < -0.3 is 10.2 Å². The zero-order valence-electron chi connectivity index (χ0n) is 13.9. The molecule has 1 aliphatic heterocycles. The number of hydrogen-bond donors (Lipinski definition) is 2. The van der Waals surface area contributed by atoms with Crippen LogP contribution in [0.3, 0.4) is 0 Å². The smallest absolute Gasteiger partial charge is 0.254 e. The van der Waals surface area contributed by atoms with E-state index in [2.05, 4.69) is 10.0 Å². The number of aryl methyl sites for hydroxylation is 1. The van der Waals surface area contributed by atoms with Gasteiger partial charge in [0.05, 0.1) is 4.90 Å². The number of carbonyl (C=O) groups excluding carboxylic acids is 1. The lowest BCUT2D eigenvalue weighted by Gasteiger charge is -2.33. The van der Waals surface area contributed by atoms with E-state index in [1.165, 1.54) is 12.1 Å². The number of piperidine rings is 1. The van der Waals surface area contributed by atoms with Gasteiger partial charge in [-0.05, 0) is 44.5 Å². The van der Waals surface area contributed by atoms with Gasteiger partial charge in [0.2, 0.25) is 10.0 Å². The molecule has 2 N–H and O–H groups in total. The molecule has 0 aliphatic carbocycles. The number of rotatable bonds is 5. The van der Waals surface area contributed by atoms with E-state index in [4.69, 9.17) is 0 Å². The van der Waals surface area contributed by atoms with E-state index in [0.717, 1.165) is 18.4 Å². The molecule has 1 atom stereocenters. The Morgan fingerprint density at radius 3 is 2.78 bits per heavy atom. The van der Waals surface area contributed by atoms with Gasteiger partial charge in [-0.1, -0.05) is 13.0 Å². The second kappa shape index (κ2) is 7.42. The molecule has 6 nitrogen and oxygen atoms in total. The van der Waals surface area contributed by atoms with E-state index < -0.39 is 10.0 Å². The Morgan fingerprint density at radius 1 is 1.39 bits per heavy atom. The fourth-order valence-electron chi connectivity index (χ4n) is 2.84. The SMILES string of the molecule is CCNS(=O)(=O)c1ccc(C)c(C(=O)N2CCCC(NC)C2)c1. The van der Waals surface area contributed by atoms with Crippen LogP contribution in [-0.2, 0) is 10.0 Å². The molecule has 0 saturated carbocycles. The molecule has 0 bridgehead atoms. The van der Waals surface area contributed by atoms with Gasteiger partial charge in [-0.2, -0.15) is 0 Å². The summed E-state index contributed by atoms with van der Waals surface area (Å²) in [4.78, 5) is 14.7. The lowest BCUT2D eigenvalue weighted by molar-refractivity contribution is 0.0697. The van der Waals surface area contributed by atoms with Gasteiger partial charge in [0.25, 0.3) is 5.91 Å². The number of carbonyl (C=O) groups is 1. The van der Waals surface area contributed by atoms with Crippen LogP contribution in [0.1, 0.15) is 35.7 Å². The first-order chi connectivity index (χ1) is 10.9. The summed E-state index contributed by atoms with van der Waals surface area (Å²) in [6, 6.07) is 5.01. The first-order valence-electron chi connectivity index (χ1n) is 7.96. The Kier molecular flexibility index (Phi) is 5.78. The molecule has 23 heavy (non-hydrogen) atoms. The van der Waals surface area contributed by atoms with Crippen molar-refractivity contribution in [2.45, 2.75) is 37.6 Å². The van der Waals surface area contributed by atoms with Crippen LogP contribution in [0.4, 0.5) is 0 Å². The number of hydrogen-bond acceptors (Lipinski definition) is 4. The highest BCUT2D eigenvalue weighted by Gasteiger charge is 2.25. The molecule has 2 rings (SSSR count). The maximum absolute atomic E-state index is 12.8. The van der Waals surface area contributed by atoms with Crippen LogP contribution in [0.15, 0.2) is 23.1 Å². The lowest BCUT2D eigenvalue weighted by atomic mass is 10.0. The second-order valence-electron chi connectivity index (χ2n) is 5.86. The third kappa shape index (κ3) is 4.10. The molecule has 128 valence electrons. The van der Waals surface area contributed by atoms with Crippen molar-refractivity contribution in [2.75, 3.05) is 26.7 Å². The van der Waals surface area contributed by atoms with Crippen LogP contribution in [0.2, 0.25) is 0 Å². The number of amides is 1. The molecule has 1 aliphatic rings. The largest absolute Gasteiger partial charge is 0.337 e. The van der Waals surface area contributed by atoms with Crippen molar-refractivity contribution >= 4 is 15.9 Å². The van der Waals surface area contributed by atoms with Crippen LogP contribution in [0.5, 0.6) is 0 Å². The number of nitrogens with one attached hydrogen (secondary N) is 2. The first kappa shape index (κ1) is 17.9. The number of sulfonamides is 1. The van der Waals surface area contributed by atoms with E-state index >= 15 is 0 Å². The predicted octanol–water partition coefficient (Wildman–Crippen LogP) is 1.12. The molecule has 0 aromatic heterocycles. The van der Waals surface area contributed by atoms with Crippen molar-refractivity contribution in [3.05, 3.63) is 29.3 Å². The molecular formula is C16H25N3O3S. The Hall–Kier alpha value is -1.44. The molecular weight excluding hydrogens is 314 g/mol. The summed E-state index contributed by atoms with van der Waals surface area (Å²) >= 11 is 0. The van der Waals surface area contributed by atoms with Gasteiger partial charge in [-0.3, -0.25) is 4.79 Å². The standard InChI is InChI=1S/C16H25N3O3S/c1-4-18-23(21,22)14-8-7-12(2)15(10-14)16(20)19-9-5-6-13(11-19)17-3/h7-8,10,13,17-18H,4-6,9,11H2,1-3H3. The van der Waals surface area contributed by atoms with E-state index in [9.17, 15) is 13.2 Å². The molecule has 0 spiro atoms. The predicted molar refractivity (Wildman–Crippen MR) is 90.0 cm³/mol. The summed E-state index contributed by atoms with van der Waals surface area (Å²) in [6.45, 7) is 5.23. The third-order valence-corrected chi connectivity index (χ3v) is 5.74. The maximum Gasteiger partial charge on any atom is 0.254 e. The van der Waals surface area contributed by atoms with Crippen molar-refractivity contribution < 1.29 is 13.2 Å². The maximum atomic E-state index is 12.8. The topological polar surface area (TPSA) is 78.5 Å². The van der Waals surface area contributed by atoms with Crippen molar-refractivity contribution in [1.29, 1.82) is 0 Å². The van der Waals surface area contributed by atoms with E-state index in [0.29, 0.717) is 31.2 Å². The normalized spacial score (nSPS) is 18.9. The van der Waals surface area contributed by atoms with Crippen LogP contribution >= 0.6 is 0 Å². The highest BCUT2D eigenvalue weighted by molar-refractivity contribution is 7.89. The number of benzene rings is 1. The van der Waals surface area contributed by atoms with Crippen LogP contribution < -0.4 is 10.0 Å². The minimum Gasteiger partial charge on any atom is -0.337 e. The molecule has 1 heterocycles. The van der Waals surface area contributed by atoms with E-state index in [1.807, 2.05) is 14.0 Å². The molecule has 1 amide bonds. The van der Waals surface area contributed by atoms with Gasteiger partial charge in [0.1, 0.15) is 0 Å². The molecule has 0 radical (unpaired) electrons. The van der Waals surface area contributed by atoms with Crippen molar-refractivity contribution in [3.63, 3.8) is 0 Å². The van der Waals surface area contributed by atoms with Gasteiger partial charge in [0, 0.05) is 31.2 Å². The number of likely N-dealkylation sites (N-methyl/N-ethyl adjacent to an activating group) is 1. The highest BCUT2D eigenvalue weighted by Crippen LogP contribution is 2.20. The Balaban J connectivity index is 2.30. The minimum atomic E-state index is -3.56. The molecule has 1 aromatic carbocycles. The quantitative estimate of drug-likeness (QED) is 0.842. The zero-order valence-corrected chi connectivity index (χ0v) is 14.7. The van der Waals surface area contributed by atoms with Crippen LogP contribution in [0, 0.1) is 6.92 Å². The fraction of sp³-hybridized carbons (Fsp3) is 0.562. The average molecular weight is 339 g/mol. The molecule has 1 aromatic rings. The monoisotopic (exact) mass is 339 g/mol. The Morgan fingerprint density at radius 2 is 2.13 bits per heavy atom. The Bertz CT molecular complexity index is 673. The summed E-state index contributed by atoms with van der Waals surface area (Å²) in [5.74, 6) is -0.101. The summed E-state index contributed by atoms with van der Waals surface area (Å²) in [5.41, 5.74) is 1.25. The second-order valence-corrected chi connectivity index (χ2v) is 7.62. The van der Waals surface area contributed by atoms with Gasteiger partial charge in [0.15, 0.2) is 0 Å². The van der Waals surface area contributed by atoms with Crippen molar-refractivity contribution in [3.8, 4) is 0 Å². The summed E-state index contributed by atoms with van der Waals surface area (Å²) in [6.07, 6.45) is 2.00. The minimum absolute atomic E-state index is 0.101. The summed E-state index contributed by atoms with van der Waals surface area (Å²) in [5, 5.41) is 3.21. The van der Waals surface area contributed by atoms with Crippen molar-refractivity contribution in [2.24, 2.45) is 0 Å². The van der Waals surface area contributed by atoms with Crippen LogP contribution in [0.25, 0.3) is 0 Å².